The number of benzene rings is 1. The maximum Gasteiger partial charge on any atom is 0.119 e. The van der Waals surface area contributed by atoms with Crippen molar-refractivity contribution in [3.05, 3.63) is 30.3 Å². The fraction of sp³-hybridized carbons (Fsp3) is 0.500. The van der Waals surface area contributed by atoms with Crippen molar-refractivity contribution in [2.24, 2.45) is 0 Å². The highest BCUT2D eigenvalue weighted by Crippen LogP contribution is 2.13. The predicted octanol–water partition coefficient (Wildman–Crippen LogP) is 2.45. The summed E-state index contributed by atoms with van der Waals surface area (Å²) < 4.78 is 5.71. The van der Waals surface area contributed by atoms with Gasteiger partial charge in [0.2, 0.25) is 0 Å². The first-order valence-electron chi connectivity index (χ1n) is 5.37. The molecule has 2 rings (SSSR count). The van der Waals surface area contributed by atoms with Gasteiger partial charge in [0.15, 0.2) is 0 Å². The van der Waals surface area contributed by atoms with E-state index in [4.69, 9.17) is 4.74 Å². The minimum atomic E-state index is 0.368. The molecule has 1 aliphatic rings. The zero-order valence-electron chi connectivity index (χ0n) is 8.99. The lowest BCUT2D eigenvalue weighted by Gasteiger charge is -2.11. The van der Waals surface area contributed by atoms with Crippen LogP contribution >= 0.6 is 0 Å². The first kappa shape index (κ1) is 11.1. The number of hydrogen-bond acceptors (Lipinski definition) is 2. The second kappa shape index (κ2) is 6.44. The topological polar surface area (TPSA) is 21.3 Å². The molecule has 1 atom stereocenters. The Bertz CT molecular complexity index is 229. The van der Waals surface area contributed by atoms with Crippen LogP contribution in [0.25, 0.3) is 0 Å². The molecule has 1 N–H and O–H groups in total. The van der Waals surface area contributed by atoms with E-state index in [1.807, 2.05) is 44.2 Å². The van der Waals surface area contributed by atoms with Gasteiger partial charge in [0.05, 0.1) is 0 Å². The highest BCUT2D eigenvalue weighted by Gasteiger charge is 2.15. The van der Waals surface area contributed by atoms with Gasteiger partial charge >= 0.3 is 0 Å². The van der Waals surface area contributed by atoms with Gasteiger partial charge in [0.1, 0.15) is 11.9 Å². The third-order valence-corrected chi connectivity index (χ3v) is 2.06. The number of hydrogen-bond donors (Lipinski definition) is 1. The first-order valence-corrected chi connectivity index (χ1v) is 5.37. The van der Waals surface area contributed by atoms with Gasteiger partial charge in [-0.1, -0.05) is 32.0 Å². The van der Waals surface area contributed by atoms with E-state index < -0.39 is 0 Å². The summed E-state index contributed by atoms with van der Waals surface area (Å²) in [5.41, 5.74) is 0. The summed E-state index contributed by atoms with van der Waals surface area (Å²) in [6.07, 6.45) is 1.49. The molecule has 0 amide bonds. The molecule has 78 valence electrons. The van der Waals surface area contributed by atoms with Crippen molar-refractivity contribution in [1.29, 1.82) is 0 Å². The lowest BCUT2D eigenvalue weighted by atomic mass is 10.3. The standard InChI is InChI=1S/C10H13NO.C2H6/c1-2-4-9(5-3-1)12-10-6-7-11-8-10;1-2/h1-5,10-11H,6-8H2;1-2H3. The van der Waals surface area contributed by atoms with E-state index in [9.17, 15) is 0 Å². The average molecular weight is 193 g/mol. The molecule has 1 saturated heterocycles. The van der Waals surface area contributed by atoms with Crippen molar-refractivity contribution in [2.75, 3.05) is 13.1 Å². The summed E-state index contributed by atoms with van der Waals surface area (Å²) in [5, 5.41) is 3.27. The lowest BCUT2D eigenvalue weighted by Crippen LogP contribution is -2.19. The van der Waals surface area contributed by atoms with E-state index in [-0.39, 0.29) is 0 Å². The van der Waals surface area contributed by atoms with Crippen molar-refractivity contribution in [1.82, 2.24) is 5.32 Å². The van der Waals surface area contributed by atoms with Crippen LogP contribution in [0.3, 0.4) is 0 Å². The third kappa shape index (κ3) is 3.38. The van der Waals surface area contributed by atoms with Crippen LogP contribution in [0.5, 0.6) is 5.75 Å². The SMILES string of the molecule is CC.c1ccc(OC2CCNC2)cc1. The molecule has 0 bridgehead atoms. The molecule has 1 aromatic carbocycles. The molecule has 1 aromatic rings. The minimum absolute atomic E-state index is 0.368. The lowest BCUT2D eigenvalue weighted by molar-refractivity contribution is 0.223. The summed E-state index contributed by atoms with van der Waals surface area (Å²) in [6.45, 7) is 6.06. The van der Waals surface area contributed by atoms with Gasteiger partial charge in [0.25, 0.3) is 0 Å². The first-order chi connectivity index (χ1) is 6.95. The van der Waals surface area contributed by atoms with E-state index in [2.05, 4.69) is 5.32 Å². The summed E-state index contributed by atoms with van der Waals surface area (Å²) in [6, 6.07) is 9.99. The predicted molar refractivity (Wildman–Crippen MR) is 59.7 cm³/mol. The monoisotopic (exact) mass is 193 g/mol. The van der Waals surface area contributed by atoms with E-state index in [0.717, 1.165) is 25.3 Å². The third-order valence-electron chi connectivity index (χ3n) is 2.06. The van der Waals surface area contributed by atoms with Gasteiger partial charge in [-0.15, -0.1) is 0 Å². The van der Waals surface area contributed by atoms with Crippen LogP contribution in [0.2, 0.25) is 0 Å². The Kier molecular flexibility index (Phi) is 5.08. The Morgan fingerprint density at radius 3 is 2.50 bits per heavy atom. The Hall–Kier alpha value is -1.02. The summed E-state index contributed by atoms with van der Waals surface area (Å²) in [5.74, 6) is 0.978. The zero-order chi connectivity index (χ0) is 10.2. The minimum Gasteiger partial charge on any atom is -0.489 e. The van der Waals surface area contributed by atoms with Gasteiger partial charge in [0, 0.05) is 6.54 Å². The Balaban J connectivity index is 0.000000461. The van der Waals surface area contributed by atoms with E-state index in [1.54, 1.807) is 0 Å². The average Bonchev–Trinajstić information content (AvgIpc) is 2.75. The summed E-state index contributed by atoms with van der Waals surface area (Å²) in [4.78, 5) is 0. The van der Waals surface area contributed by atoms with Crippen LogP contribution in [0, 0.1) is 0 Å². The van der Waals surface area contributed by atoms with Gasteiger partial charge in [-0.25, -0.2) is 0 Å². The van der Waals surface area contributed by atoms with Gasteiger partial charge < -0.3 is 10.1 Å². The fourth-order valence-corrected chi connectivity index (χ4v) is 1.42. The van der Waals surface area contributed by atoms with Gasteiger partial charge in [-0.05, 0) is 25.1 Å². The van der Waals surface area contributed by atoms with Crippen LogP contribution in [-0.2, 0) is 0 Å². The molecule has 14 heavy (non-hydrogen) atoms. The maximum atomic E-state index is 5.71. The molecule has 0 radical (unpaired) electrons. The number of ether oxygens (including phenoxy) is 1. The second-order valence-electron chi connectivity index (χ2n) is 3.05. The Labute approximate surface area is 86.3 Å². The highest BCUT2D eigenvalue weighted by atomic mass is 16.5. The van der Waals surface area contributed by atoms with Crippen molar-refractivity contribution in [2.45, 2.75) is 26.4 Å². The van der Waals surface area contributed by atoms with E-state index in [0.29, 0.717) is 6.10 Å². The van der Waals surface area contributed by atoms with Crippen molar-refractivity contribution in [3.8, 4) is 5.75 Å². The molecule has 1 fully saturated rings. The van der Waals surface area contributed by atoms with Gasteiger partial charge in [-0.3, -0.25) is 0 Å². The molecule has 1 aliphatic heterocycles. The van der Waals surface area contributed by atoms with Crippen molar-refractivity contribution in [3.63, 3.8) is 0 Å². The van der Waals surface area contributed by atoms with Crippen LogP contribution in [0.4, 0.5) is 0 Å². The molecule has 0 aromatic heterocycles. The highest BCUT2D eigenvalue weighted by molar-refractivity contribution is 5.21. The van der Waals surface area contributed by atoms with Crippen molar-refractivity contribution >= 4 is 0 Å². The van der Waals surface area contributed by atoms with Crippen LogP contribution < -0.4 is 10.1 Å². The van der Waals surface area contributed by atoms with E-state index in [1.165, 1.54) is 0 Å². The summed E-state index contributed by atoms with van der Waals surface area (Å²) in [7, 11) is 0. The fourth-order valence-electron chi connectivity index (χ4n) is 1.42. The van der Waals surface area contributed by atoms with Crippen LogP contribution in [0.15, 0.2) is 30.3 Å². The molecule has 1 unspecified atom stereocenters. The Morgan fingerprint density at radius 2 is 1.93 bits per heavy atom. The molecule has 0 spiro atoms. The second-order valence-corrected chi connectivity index (χ2v) is 3.05. The molecular formula is C12H19NO. The molecular weight excluding hydrogens is 174 g/mol. The quantitative estimate of drug-likeness (QED) is 0.779. The van der Waals surface area contributed by atoms with Crippen molar-refractivity contribution < 1.29 is 4.74 Å². The van der Waals surface area contributed by atoms with Crippen LogP contribution in [-0.4, -0.2) is 19.2 Å². The molecule has 0 saturated carbocycles. The maximum absolute atomic E-state index is 5.71. The zero-order valence-corrected chi connectivity index (χ0v) is 8.99. The smallest absolute Gasteiger partial charge is 0.119 e. The largest absolute Gasteiger partial charge is 0.489 e. The van der Waals surface area contributed by atoms with Gasteiger partial charge in [-0.2, -0.15) is 0 Å². The number of para-hydroxylation sites is 1. The normalized spacial score (nSPS) is 19.7. The molecule has 2 nitrogen and oxygen atoms in total. The molecule has 0 aliphatic carbocycles. The Morgan fingerprint density at radius 1 is 1.21 bits per heavy atom. The molecule has 1 heterocycles. The van der Waals surface area contributed by atoms with E-state index >= 15 is 0 Å². The molecule has 2 heteroatoms. The number of nitrogens with one attached hydrogen (secondary N) is 1. The number of rotatable bonds is 2. The summed E-state index contributed by atoms with van der Waals surface area (Å²) >= 11 is 0. The van der Waals surface area contributed by atoms with Crippen LogP contribution in [0.1, 0.15) is 20.3 Å².